The van der Waals surface area contributed by atoms with Gasteiger partial charge in [0.2, 0.25) is 0 Å². The molecule has 3 atom stereocenters. The van der Waals surface area contributed by atoms with Crippen molar-refractivity contribution in [1.29, 1.82) is 0 Å². The molecule has 0 aliphatic carbocycles. The SMILES string of the molecule is CC(C)O[C@H](C(=O)N1C(=O)OC[C@@H]1Cc1ccccc1)[C@H](OS(C)(=O)=O)c1cccc(OCc2ccccc2)c1. The van der Waals surface area contributed by atoms with Crippen molar-refractivity contribution >= 4 is 22.1 Å². The van der Waals surface area contributed by atoms with Crippen molar-refractivity contribution in [2.75, 3.05) is 12.9 Å². The van der Waals surface area contributed by atoms with Crippen LogP contribution in [0.4, 0.5) is 4.79 Å². The Balaban J connectivity index is 1.65. The Bertz CT molecular complexity index is 1400. The molecule has 40 heavy (non-hydrogen) atoms. The minimum absolute atomic E-state index is 0.00821. The molecule has 0 aromatic heterocycles. The molecular weight excluding hydrogens is 534 g/mol. The predicted octanol–water partition coefficient (Wildman–Crippen LogP) is 4.67. The number of carbonyl (C=O) groups excluding carboxylic acids is 2. The summed E-state index contributed by atoms with van der Waals surface area (Å²) in [5.74, 6) is -0.303. The molecule has 1 aliphatic rings. The summed E-state index contributed by atoms with van der Waals surface area (Å²) < 4.78 is 47.4. The summed E-state index contributed by atoms with van der Waals surface area (Å²) in [6.45, 7) is 3.71. The number of hydrogen-bond acceptors (Lipinski definition) is 8. The highest BCUT2D eigenvalue weighted by Crippen LogP contribution is 2.32. The Hall–Kier alpha value is -3.73. The zero-order valence-electron chi connectivity index (χ0n) is 22.6. The van der Waals surface area contributed by atoms with Crippen molar-refractivity contribution in [2.24, 2.45) is 0 Å². The van der Waals surface area contributed by atoms with Gasteiger partial charge in [0, 0.05) is 0 Å². The molecule has 0 radical (unpaired) electrons. The van der Waals surface area contributed by atoms with Gasteiger partial charge in [-0.1, -0.05) is 72.8 Å². The Kier molecular flexibility index (Phi) is 9.57. The molecule has 1 fully saturated rings. The second-order valence-corrected chi connectivity index (χ2v) is 11.4. The lowest BCUT2D eigenvalue weighted by molar-refractivity contribution is -0.152. The number of ether oxygens (including phenoxy) is 3. The molecule has 2 amide bonds. The predicted molar refractivity (Wildman–Crippen MR) is 148 cm³/mol. The maximum atomic E-state index is 14.0. The van der Waals surface area contributed by atoms with Crippen LogP contribution in [0.25, 0.3) is 0 Å². The topological polar surface area (TPSA) is 108 Å². The van der Waals surface area contributed by atoms with Crippen molar-refractivity contribution < 1.29 is 36.4 Å². The van der Waals surface area contributed by atoms with Gasteiger partial charge in [-0.15, -0.1) is 0 Å². The van der Waals surface area contributed by atoms with Crippen LogP contribution in [0.1, 0.15) is 36.6 Å². The fourth-order valence-electron chi connectivity index (χ4n) is 4.45. The first-order valence-corrected chi connectivity index (χ1v) is 14.8. The standard InChI is InChI=1S/C30H33NO8S/c1-21(2)38-28(29(32)31-25(20-37-30(31)33)17-22-11-6-4-7-12-22)27(39-40(3,34)35)24-15-10-16-26(18-24)36-19-23-13-8-5-9-14-23/h4-16,18,21,25,27-28H,17,19-20H2,1-3H3/t25-,27+,28-/m0/s1. The quantitative estimate of drug-likeness (QED) is 0.291. The van der Waals surface area contributed by atoms with Crippen LogP contribution in [0.15, 0.2) is 84.9 Å². The van der Waals surface area contributed by atoms with Crippen LogP contribution in [0.5, 0.6) is 5.75 Å². The first-order chi connectivity index (χ1) is 19.1. The summed E-state index contributed by atoms with van der Waals surface area (Å²) in [6.07, 6.45) is -2.91. The molecule has 0 saturated carbocycles. The van der Waals surface area contributed by atoms with Crippen molar-refractivity contribution in [1.82, 2.24) is 4.90 Å². The van der Waals surface area contributed by atoms with Crippen LogP contribution < -0.4 is 4.74 Å². The molecule has 3 aromatic carbocycles. The largest absolute Gasteiger partial charge is 0.489 e. The van der Waals surface area contributed by atoms with Crippen LogP contribution in [-0.4, -0.2) is 56.4 Å². The van der Waals surface area contributed by atoms with Gasteiger partial charge in [-0.2, -0.15) is 8.42 Å². The fraction of sp³-hybridized carbons (Fsp3) is 0.333. The van der Waals surface area contributed by atoms with Crippen molar-refractivity contribution in [3.8, 4) is 5.75 Å². The Morgan fingerprint density at radius 2 is 1.62 bits per heavy atom. The molecule has 9 nitrogen and oxygen atoms in total. The third-order valence-corrected chi connectivity index (χ3v) is 6.72. The van der Waals surface area contributed by atoms with E-state index < -0.39 is 46.5 Å². The number of benzene rings is 3. The average molecular weight is 568 g/mol. The van der Waals surface area contributed by atoms with Crippen LogP contribution >= 0.6 is 0 Å². The summed E-state index contributed by atoms with van der Waals surface area (Å²) in [5, 5.41) is 0. The molecule has 0 spiro atoms. The van der Waals surface area contributed by atoms with E-state index in [0.717, 1.165) is 22.3 Å². The van der Waals surface area contributed by atoms with Gasteiger partial charge in [0.15, 0.2) is 6.10 Å². The van der Waals surface area contributed by atoms with Gasteiger partial charge in [-0.25, -0.2) is 9.69 Å². The molecule has 0 N–H and O–H groups in total. The minimum atomic E-state index is -4.06. The van der Waals surface area contributed by atoms with Gasteiger partial charge in [0.1, 0.15) is 25.1 Å². The first-order valence-electron chi connectivity index (χ1n) is 12.9. The first kappa shape index (κ1) is 29.3. The highest BCUT2D eigenvalue weighted by molar-refractivity contribution is 7.86. The lowest BCUT2D eigenvalue weighted by atomic mass is 10.0. The Labute approximate surface area is 234 Å². The zero-order chi connectivity index (χ0) is 28.7. The summed E-state index contributed by atoms with van der Waals surface area (Å²) >= 11 is 0. The van der Waals surface area contributed by atoms with E-state index in [9.17, 15) is 18.0 Å². The second-order valence-electron chi connectivity index (χ2n) is 9.80. The summed E-state index contributed by atoms with van der Waals surface area (Å²) in [4.78, 5) is 27.8. The van der Waals surface area contributed by atoms with Crippen LogP contribution in [0, 0.1) is 0 Å². The van der Waals surface area contributed by atoms with Gasteiger partial charge < -0.3 is 14.2 Å². The van der Waals surface area contributed by atoms with E-state index in [2.05, 4.69) is 0 Å². The lowest BCUT2D eigenvalue weighted by Gasteiger charge is -2.31. The number of carbonyl (C=O) groups is 2. The molecule has 10 heteroatoms. The van der Waals surface area contributed by atoms with Gasteiger partial charge in [0.05, 0.1) is 18.4 Å². The van der Waals surface area contributed by atoms with E-state index in [-0.39, 0.29) is 13.2 Å². The smallest absolute Gasteiger partial charge is 0.417 e. The Morgan fingerprint density at radius 3 is 2.25 bits per heavy atom. The molecule has 3 aromatic rings. The van der Waals surface area contributed by atoms with Crippen molar-refractivity contribution in [2.45, 2.75) is 51.2 Å². The Morgan fingerprint density at radius 1 is 0.975 bits per heavy atom. The van der Waals surface area contributed by atoms with E-state index >= 15 is 0 Å². The molecular formula is C30H33NO8S. The number of hydrogen-bond donors (Lipinski definition) is 0. The van der Waals surface area contributed by atoms with Crippen LogP contribution in [0.2, 0.25) is 0 Å². The highest BCUT2D eigenvalue weighted by Gasteiger charge is 2.45. The molecule has 1 saturated heterocycles. The fourth-order valence-corrected chi connectivity index (χ4v) is 5.04. The lowest BCUT2D eigenvalue weighted by Crippen LogP contribution is -2.49. The van der Waals surface area contributed by atoms with Crippen molar-refractivity contribution in [3.05, 3.63) is 102 Å². The van der Waals surface area contributed by atoms with Gasteiger partial charge in [-0.3, -0.25) is 8.98 Å². The number of amides is 2. The van der Waals surface area contributed by atoms with E-state index in [4.69, 9.17) is 18.4 Å². The molecule has 0 bridgehead atoms. The molecule has 212 valence electrons. The minimum Gasteiger partial charge on any atom is -0.489 e. The van der Waals surface area contributed by atoms with Crippen molar-refractivity contribution in [3.63, 3.8) is 0 Å². The molecule has 0 unspecified atom stereocenters. The van der Waals surface area contributed by atoms with Gasteiger partial charge in [-0.05, 0) is 49.1 Å². The normalized spacial score (nSPS) is 16.9. The highest BCUT2D eigenvalue weighted by atomic mass is 32.2. The third kappa shape index (κ3) is 7.91. The number of cyclic esters (lactones) is 1. The van der Waals surface area contributed by atoms with Gasteiger partial charge >= 0.3 is 6.09 Å². The summed E-state index contributed by atoms with van der Waals surface area (Å²) in [5.41, 5.74) is 2.20. The van der Waals surface area contributed by atoms with E-state index in [1.165, 1.54) is 0 Å². The average Bonchev–Trinajstić information content (AvgIpc) is 3.29. The second kappa shape index (κ2) is 13.1. The van der Waals surface area contributed by atoms with Gasteiger partial charge in [0.25, 0.3) is 16.0 Å². The number of nitrogens with zero attached hydrogens (tertiary/aromatic N) is 1. The van der Waals surface area contributed by atoms with E-state index in [1.807, 2.05) is 60.7 Å². The molecule has 4 rings (SSSR count). The third-order valence-electron chi connectivity index (χ3n) is 6.16. The molecule has 1 aliphatic heterocycles. The molecule has 1 heterocycles. The number of rotatable bonds is 12. The zero-order valence-corrected chi connectivity index (χ0v) is 23.5. The van der Waals surface area contributed by atoms with E-state index in [1.54, 1.807) is 38.1 Å². The maximum Gasteiger partial charge on any atom is 0.417 e. The van der Waals surface area contributed by atoms with Crippen LogP contribution in [-0.2, 0) is 41.6 Å². The number of imide groups is 1. The summed E-state index contributed by atoms with van der Waals surface area (Å²) in [7, 11) is -4.06. The maximum absolute atomic E-state index is 14.0. The van der Waals surface area contributed by atoms with E-state index in [0.29, 0.717) is 17.7 Å². The monoisotopic (exact) mass is 567 g/mol. The van der Waals surface area contributed by atoms with Crippen LogP contribution in [0.3, 0.4) is 0 Å². The summed E-state index contributed by atoms with van der Waals surface area (Å²) in [6, 6.07) is 25.0.